The number of phenols is 1. The van der Waals surface area contributed by atoms with Crippen LogP contribution in [0.2, 0.25) is 0 Å². The van der Waals surface area contributed by atoms with Gasteiger partial charge < -0.3 is 5.11 Å². The van der Waals surface area contributed by atoms with E-state index in [1.54, 1.807) is 6.07 Å². The van der Waals surface area contributed by atoms with Gasteiger partial charge in [0, 0.05) is 4.47 Å². The van der Waals surface area contributed by atoms with Gasteiger partial charge >= 0.3 is 0 Å². The van der Waals surface area contributed by atoms with Gasteiger partial charge in [0.1, 0.15) is 15.6 Å². The van der Waals surface area contributed by atoms with Crippen molar-refractivity contribution in [3.63, 3.8) is 0 Å². The van der Waals surface area contributed by atoms with Gasteiger partial charge in [0.05, 0.1) is 22.4 Å². The second kappa shape index (κ2) is 5.53. The molecule has 112 valence electrons. The number of aromatic hydroxyl groups is 1. The SMILES string of the molecule is O=S1(=O)CCC(S(=O)(=O)Nc2cc(Br)ccc2O)CC1. The first-order chi connectivity index (χ1) is 9.20. The highest BCUT2D eigenvalue weighted by atomic mass is 79.9. The zero-order valence-corrected chi connectivity index (χ0v) is 13.6. The fourth-order valence-electron chi connectivity index (χ4n) is 2.01. The summed E-state index contributed by atoms with van der Waals surface area (Å²) in [5.74, 6) is -0.424. The Hall–Kier alpha value is -0.800. The third kappa shape index (κ3) is 3.64. The number of anilines is 1. The second-order valence-corrected chi connectivity index (χ2v) is 9.84. The molecular formula is C11H14BrNO5S2. The number of rotatable bonds is 3. The lowest BCUT2D eigenvalue weighted by Gasteiger charge is -2.22. The summed E-state index contributed by atoms with van der Waals surface area (Å²) in [4.78, 5) is 0. The highest BCUT2D eigenvalue weighted by Crippen LogP contribution is 2.29. The van der Waals surface area contributed by atoms with Crippen LogP contribution in [0.4, 0.5) is 5.69 Å². The van der Waals surface area contributed by atoms with Crippen LogP contribution in [0.5, 0.6) is 5.75 Å². The van der Waals surface area contributed by atoms with Gasteiger partial charge in [-0.05, 0) is 31.0 Å². The Morgan fingerprint density at radius 1 is 1.25 bits per heavy atom. The van der Waals surface area contributed by atoms with Crippen LogP contribution in [0.1, 0.15) is 12.8 Å². The zero-order chi connectivity index (χ0) is 15.0. The van der Waals surface area contributed by atoms with Crippen molar-refractivity contribution in [2.24, 2.45) is 0 Å². The molecular weight excluding hydrogens is 370 g/mol. The average Bonchev–Trinajstić information content (AvgIpc) is 2.33. The van der Waals surface area contributed by atoms with E-state index in [1.807, 2.05) is 0 Å². The summed E-state index contributed by atoms with van der Waals surface area (Å²) >= 11 is 3.19. The van der Waals surface area contributed by atoms with Gasteiger partial charge in [0.25, 0.3) is 0 Å². The predicted molar refractivity (Wildman–Crippen MR) is 80.0 cm³/mol. The van der Waals surface area contributed by atoms with E-state index in [-0.39, 0.29) is 35.8 Å². The van der Waals surface area contributed by atoms with Crippen molar-refractivity contribution in [3.8, 4) is 5.75 Å². The highest BCUT2D eigenvalue weighted by Gasteiger charge is 2.33. The van der Waals surface area contributed by atoms with Gasteiger partial charge in [-0.15, -0.1) is 0 Å². The van der Waals surface area contributed by atoms with Crippen LogP contribution in [0.15, 0.2) is 22.7 Å². The first-order valence-corrected chi connectivity index (χ1v) is 10.1. The molecule has 1 aromatic carbocycles. The fraction of sp³-hybridized carbons (Fsp3) is 0.455. The van der Waals surface area contributed by atoms with E-state index >= 15 is 0 Å². The minimum absolute atomic E-state index is 0.0758. The molecule has 0 aliphatic carbocycles. The van der Waals surface area contributed by atoms with Crippen LogP contribution in [0.3, 0.4) is 0 Å². The molecule has 0 unspecified atom stereocenters. The molecule has 0 aromatic heterocycles. The van der Waals surface area contributed by atoms with Crippen LogP contribution >= 0.6 is 15.9 Å². The summed E-state index contributed by atoms with van der Waals surface area (Å²) in [6.45, 7) is 0. The first-order valence-electron chi connectivity index (χ1n) is 5.90. The van der Waals surface area contributed by atoms with Gasteiger partial charge in [0.15, 0.2) is 0 Å². The van der Waals surface area contributed by atoms with E-state index in [9.17, 15) is 21.9 Å². The third-order valence-electron chi connectivity index (χ3n) is 3.15. The van der Waals surface area contributed by atoms with Crippen molar-refractivity contribution in [1.29, 1.82) is 0 Å². The molecule has 0 bridgehead atoms. The summed E-state index contributed by atoms with van der Waals surface area (Å²) in [5.41, 5.74) is 0.0767. The van der Waals surface area contributed by atoms with E-state index in [0.717, 1.165) is 0 Å². The molecule has 1 fully saturated rings. The molecule has 1 aromatic rings. The molecule has 2 N–H and O–H groups in total. The zero-order valence-electron chi connectivity index (χ0n) is 10.4. The average molecular weight is 384 g/mol. The predicted octanol–water partition coefficient (Wildman–Crippen LogP) is 1.47. The van der Waals surface area contributed by atoms with E-state index < -0.39 is 25.1 Å². The first kappa shape index (κ1) is 15.6. The molecule has 1 aliphatic heterocycles. The lowest BCUT2D eigenvalue weighted by atomic mass is 10.2. The third-order valence-corrected chi connectivity index (χ3v) is 7.21. The van der Waals surface area contributed by atoms with Crippen LogP contribution in [-0.4, -0.2) is 38.7 Å². The molecule has 1 heterocycles. The fourth-order valence-corrected chi connectivity index (χ4v) is 5.65. The Labute approximate surface area is 126 Å². The normalized spacial score (nSPS) is 19.6. The number of benzene rings is 1. The maximum absolute atomic E-state index is 12.2. The lowest BCUT2D eigenvalue weighted by molar-refractivity contribution is 0.477. The largest absolute Gasteiger partial charge is 0.506 e. The second-order valence-electron chi connectivity index (χ2n) is 4.66. The van der Waals surface area contributed by atoms with Crippen molar-refractivity contribution < 1.29 is 21.9 Å². The molecule has 0 atom stereocenters. The molecule has 0 radical (unpaired) electrons. The number of sulfone groups is 1. The Kier molecular flexibility index (Phi) is 4.31. The molecule has 0 spiro atoms. The summed E-state index contributed by atoms with van der Waals surface area (Å²) < 4.78 is 50.0. The van der Waals surface area contributed by atoms with Crippen molar-refractivity contribution >= 4 is 41.5 Å². The number of hydrogen-bond acceptors (Lipinski definition) is 5. The van der Waals surface area contributed by atoms with Crippen LogP contribution in [0.25, 0.3) is 0 Å². The minimum atomic E-state index is -3.72. The number of sulfonamides is 1. The van der Waals surface area contributed by atoms with E-state index in [2.05, 4.69) is 20.7 Å². The van der Waals surface area contributed by atoms with Crippen molar-refractivity contribution in [3.05, 3.63) is 22.7 Å². The number of phenolic OH excluding ortho intramolecular Hbond substituents is 1. The highest BCUT2D eigenvalue weighted by molar-refractivity contribution is 9.10. The van der Waals surface area contributed by atoms with Crippen molar-refractivity contribution in [2.45, 2.75) is 18.1 Å². The summed E-state index contributed by atoms with van der Waals surface area (Å²) in [6.07, 6.45) is 0.152. The van der Waals surface area contributed by atoms with Crippen molar-refractivity contribution in [2.75, 3.05) is 16.2 Å². The van der Waals surface area contributed by atoms with Gasteiger partial charge in [-0.3, -0.25) is 4.72 Å². The van der Waals surface area contributed by atoms with E-state index in [0.29, 0.717) is 4.47 Å². The summed E-state index contributed by atoms with van der Waals surface area (Å²) in [6, 6.07) is 4.40. The summed E-state index contributed by atoms with van der Waals surface area (Å²) in [5, 5.41) is 8.88. The van der Waals surface area contributed by atoms with Gasteiger partial charge in [-0.1, -0.05) is 15.9 Å². The Bertz CT molecular complexity index is 700. The standard InChI is InChI=1S/C11H14BrNO5S2/c12-8-1-2-11(14)10(7-8)13-20(17,18)9-3-5-19(15,16)6-4-9/h1-2,7,9,13-14H,3-6H2. The molecule has 6 nitrogen and oxygen atoms in total. The quantitative estimate of drug-likeness (QED) is 0.769. The summed E-state index contributed by atoms with van der Waals surface area (Å²) in [7, 11) is -6.83. The number of nitrogens with one attached hydrogen (secondary N) is 1. The number of hydrogen-bond donors (Lipinski definition) is 2. The lowest BCUT2D eigenvalue weighted by Crippen LogP contribution is -2.36. The minimum Gasteiger partial charge on any atom is -0.506 e. The van der Waals surface area contributed by atoms with Gasteiger partial charge in [0.2, 0.25) is 10.0 Å². The Morgan fingerprint density at radius 2 is 1.85 bits per heavy atom. The molecule has 0 saturated carbocycles. The van der Waals surface area contributed by atoms with Crippen molar-refractivity contribution in [1.82, 2.24) is 0 Å². The molecule has 20 heavy (non-hydrogen) atoms. The van der Waals surface area contributed by atoms with Crippen LogP contribution in [-0.2, 0) is 19.9 Å². The van der Waals surface area contributed by atoms with Crippen LogP contribution < -0.4 is 4.72 Å². The van der Waals surface area contributed by atoms with Gasteiger partial charge in [-0.25, -0.2) is 16.8 Å². The van der Waals surface area contributed by atoms with E-state index in [4.69, 9.17) is 0 Å². The maximum Gasteiger partial charge on any atom is 0.235 e. The molecule has 2 rings (SSSR count). The molecule has 9 heteroatoms. The maximum atomic E-state index is 12.2. The molecule has 0 amide bonds. The Balaban J connectivity index is 2.18. The van der Waals surface area contributed by atoms with Crippen LogP contribution in [0, 0.1) is 0 Å². The Morgan fingerprint density at radius 3 is 2.45 bits per heavy atom. The molecule has 1 saturated heterocycles. The molecule has 1 aliphatic rings. The monoisotopic (exact) mass is 383 g/mol. The van der Waals surface area contributed by atoms with Gasteiger partial charge in [-0.2, -0.15) is 0 Å². The smallest absolute Gasteiger partial charge is 0.235 e. The van der Waals surface area contributed by atoms with E-state index in [1.165, 1.54) is 12.1 Å². The number of halogens is 1. The topological polar surface area (TPSA) is 101 Å².